The van der Waals surface area contributed by atoms with Crippen molar-refractivity contribution in [2.45, 2.75) is 19.1 Å². The molecule has 3 heterocycles. The van der Waals surface area contributed by atoms with E-state index in [2.05, 4.69) is 27.2 Å². The number of rotatable bonds is 3. The van der Waals surface area contributed by atoms with Crippen molar-refractivity contribution in [2.75, 3.05) is 20.1 Å². The Balaban J connectivity index is 1.70. The minimum Gasteiger partial charge on any atom is -0.418 e. The Bertz CT molecular complexity index is 623. The van der Waals surface area contributed by atoms with E-state index in [1.54, 1.807) is 17.0 Å². The summed E-state index contributed by atoms with van der Waals surface area (Å²) in [6.07, 6.45) is 7.36. The molecule has 0 N–H and O–H groups in total. The third-order valence-electron chi connectivity index (χ3n) is 3.32. The summed E-state index contributed by atoms with van der Waals surface area (Å²) in [7, 11) is 3.94. The van der Waals surface area contributed by atoms with E-state index in [-0.39, 0.29) is 12.2 Å². The normalized spacial score (nSPS) is 24.0. The Morgan fingerprint density at radius 3 is 2.81 bits per heavy atom. The molecule has 1 aliphatic rings. The van der Waals surface area contributed by atoms with Crippen molar-refractivity contribution < 1.29 is 9.15 Å². The highest BCUT2D eigenvalue weighted by atomic mass is 16.5. The van der Waals surface area contributed by atoms with Crippen LogP contribution >= 0.6 is 0 Å². The minimum atomic E-state index is -0.160. The van der Waals surface area contributed by atoms with Crippen LogP contribution < -0.4 is 0 Å². The first-order valence-electron chi connectivity index (χ1n) is 6.94. The molecule has 112 valence electrons. The van der Waals surface area contributed by atoms with Gasteiger partial charge in [0, 0.05) is 38.0 Å². The second-order valence-electron chi connectivity index (χ2n) is 5.42. The summed E-state index contributed by atoms with van der Waals surface area (Å²) in [6, 6.07) is 0. The lowest BCUT2D eigenvalue weighted by molar-refractivity contribution is -0.0823. The van der Waals surface area contributed by atoms with Crippen LogP contribution in [0.5, 0.6) is 0 Å². The predicted octanol–water partition coefficient (Wildman–Crippen LogP) is 1.37. The third kappa shape index (κ3) is 3.37. The summed E-state index contributed by atoms with van der Waals surface area (Å²) in [5.74, 6) is 0.998. The average molecular weight is 289 g/mol. The summed E-state index contributed by atoms with van der Waals surface area (Å²) in [4.78, 5) is 2.20. The summed E-state index contributed by atoms with van der Waals surface area (Å²) in [5.41, 5.74) is 0.986. The van der Waals surface area contributed by atoms with Crippen LogP contribution in [0.1, 0.15) is 30.4 Å². The van der Waals surface area contributed by atoms with Crippen LogP contribution in [0.2, 0.25) is 0 Å². The molecule has 0 bridgehead atoms. The molecule has 7 heteroatoms. The largest absolute Gasteiger partial charge is 0.418 e. The molecule has 0 saturated carbocycles. The molecule has 0 aromatic carbocycles. The number of morpholine rings is 1. The molecule has 1 aliphatic heterocycles. The second-order valence-corrected chi connectivity index (χ2v) is 5.42. The van der Waals surface area contributed by atoms with Gasteiger partial charge in [0.05, 0.1) is 12.3 Å². The molecular formula is C14H19N5O2. The van der Waals surface area contributed by atoms with E-state index in [0.29, 0.717) is 11.8 Å². The van der Waals surface area contributed by atoms with Crippen molar-refractivity contribution in [3.63, 3.8) is 0 Å². The van der Waals surface area contributed by atoms with Gasteiger partial charge in [-0.3, -0.25) is 4.68 Å². The number of likely N-dealkylation sites (N-methyl/N-ethyl adjacent to an activating group) is 1. The molecule has 0 spiro atoms. The Kier molecular flexibility index (Phi) is 3.85. The number of hydrogen-bond donors (Lipinski definition) is 0. The summed E-state index contributed by atoms with van der Waals surface area (Å²) >= 11 is 0. The molecule has 1 saturated heterocycles. The Hall–Kier alpha value is -1.99. The third-order valence-corrected chi connectivity index (χ3v) is 3.32. The highest BCUT2D eigenvalue weighted by molar-refractivity contribution is 5.64. The number of ether oxygens (including phenoxy) is 1. The first kappa shape index (κ1) is 14.0. The molecule has 2 aromatic heterocycles. The molecule has 7 nitrogen and oxygen atoms in total. The Labute approximate surface area is 123 Å². The lowest BCUT2D eigenvalue weighted by atomic mass is 10.2. The number of nitrogens with zero attached hydrogens (tertiary/aromatic N) is 5. The second kappa shape index (κ2) is 5.79. The molecule has 2 aromatic rings. The maximum absolute atomic E-state index is 5.85. The van der Waals surface area contributed by atoms with Crippen LogP contribution in [-0.2, 0) is 11.8 Å². The fourth-order valence-electron chi connectivity index (χ4n) is 2.44. The quantitative estimate of drug-likeness (QED) is 0.850. The molecule has 21 heavy (non-hydrogen) atoms. The van der Waals surface area contributed by atoms with Gasteiger partial charge in [0.2, 0.25) is 11.8 Å². The van der Waals surface area contributed by atoms with Gasteiger partial charge in [-0.2, -0.15) is 5.10 Å². The first-order chi connectivity index (χ1) is 10.1. The van der Waals surface area contributed by atoms with Gasteiger partial charge >= 0.3 is 0 Å². The number of aryl methyl sites for hydroxylation is 1. The van der Waals surface area contributed by atoms with Crippen molar-refractivity contribution in [3.8, 4) is 0 Å². The smallest absolute Gasteiger partial charge is 0.246 e. The monoisotopic (exact) mass is 289 g/mol. The van der Waals surface area contributed by atoms with E-state index in [9.17, 15) is 0 Å². The lowest BCUT2D eigenvalue weighted by Crippen LogP contribution is -2.40. The maximum atomic E-state index is 5.85. The zero-order valence-corrected chi connectivity index (χ0v) is 12.4. The van der Waals surface area contributed by atoms with Crippen molar-refractivity contribution in [1.29, 1.82) is 0 Å². The highest BCUT2D eigenvalue weighted by Crippen LogP contribution is 2.23. The number of aromatic nitrogens is 4. The van der Waals surface area contributed by atoms with Crippen LogP contribution in [0.15, 0.2) is 16.8 Å². The van der Waals surface area contributed by atoms with Crippen LogP contribution in [-0.4, -0.2) is 51.1 Å². The zero-order chi connectivity index (χ0) is 14.8. The standard InChI is InChI=1S/C14H19N5O2/c1-10-7-18(2)9-12(20-10)14-17-16-13(21-14)5-4-11-6-15-19(3)8-11/h4-6,8,10,12H,7,9H2,1-3H3/b5-4+/t10-,12-/m1/s1. The maximum Gasteiger partial charge on any atom is 0.246 e. The highest BCUT2D eigenvalue weighted by Gasteiger charge is 2.28. The molecule has 0 radical (unpaired) electrons. The van der Waals surface area contributed by atoms with Crippen molar-refractivity contribution in [3.05, 3.63) is 29.7 Å². The first-order valence-corrected chi connectivity index (χ1v) is 6.94. The van der Waals surface area contributed by atoms with Crippen molar-refractivity contribution >= 4 is 12.2 Å². The molecule has 0 amide bonds. The molecule has 3 rings (SSSR count). The van der Waals surface area contributed by atoms with E-state index < -0.39 is 0 Å². The van der Waals surface area contributed by atoms with Crippen LogP contribution in [0.4, 0.5) is 0 Å². The summed E-state index contributed by atoms with van der Waals surface area (Å²) < 4.78 is 13.2. The van der Waals surface area contributed by atoms with E-state index in [1.165, 1.54) is 0 Å². The zero-order valence-electron chi connectivity index (χ0n) is 12.4. The number of hydrogen-bond acceptors (Lipinski definition) is 6. The predicted molar refractivity (Wildman–Crippen MR) is 77.2 cm³/mol. The van der Waals surface area contributed by atoms with Gasteiger partial charge in [-0.25, -0.2) is 0 Å². The van der Waals surface area contributed by atoms with Gasteiger partial charge in [0.15, 0.2) is 0 Å². The summed E-state index contributed by atoms with van der Waals surface area (Å²) in [5, 5.41) is 12.2. The summed E-state index contributed by atoms with van der Waals surface area (Å²) in [6.45, 7) is 3.72. The lowest BCUT2D eigenvalue weighted by Gasteiger charge is -2.32. The molecule has 1 fully saturated rings. The molecule has 0 aliphatic carbocycles. The van der Waals surface area contributed by atoms with Crippen LogP contribution in [0, 0.1) is 0 Å². The van der Waals surface area contributed by atoms with Crippen LogP contribution in [0.25, 0.3) is 12.2 Å². The minimum absolute atomic E-state index is 0.160. The SMILES string of the molecule is C[C@@H]1CN(C)C[C@H](c2nnc(/C=C/c3cnn(C)c3)o2)O1. The van der Waals surface area contributed by atoms with E-state index in [0.717, 1.165) is 18.7 Å². The van der Waals surface area contributed by atoms with Gasteiger partial charge < -0.3 is 14.1 Å². The molecule has 2 atom stereocenters. The van der Waals surface area contributed by atoms with Crippen LogP contribution in [0.3, 0.4) is 0 Å². The molecular weight excluding hydrogens is 270 g/mol. The van der Waals surface area contributed by atoms with Gasteiger partial charge in [0.25, 0.3) is 0 Å². The Morgan fingerprint density at radius 2 is 2.10 bits per heavy atom. The topological polar surface area (TPSA) is 69.2 Å². The van der Waals surface area contributed by atoms with Gasteiger partial charge in [-0.1, -0.05) is 0 Å². The van der Waals surface area contributed by atoms with E-state index >= 15 is 0 Å². The average Bonchev–Trinajstić information content (AvgIpc) is 3.04. The van der Waals surface area contributed by atoms with E-state index in [4.69, 9.17) is 9.15 Å². The van der Waals surface area contributed by atoms with Gasteiger partial charge in [0.1, 0.15) is 6.10 Å². The Morgan fingerprint density at radius 1 is 1.24 bits per heavy atom. The molecule has 0 unspecified atom stereocenters. The van der Waals surface area contributed by atoms with E-state index in [1.807, 2.05) is 26.2 Å². The van der Waals surface area contributed by atoms with Gasteiger partial charge in [-0.05, 0) is 20.0 Å². The van der Waals surface area contributed by atoms with Gasteiger partial charge in [-0.15, -0.1) is 10.2 Å². The fraction of sp³-hybridized carbons (Fsp3) is 0.500. The van der Waals surface area contributed by atoms with Crippen molar-refractivity contribution in [1.82, 2.24) is 24.9 Å². The van der Waals surface area contributed by atoms with Crippen molar-refractivity contribution in [2.24, 2.45) is 7.05 Å². The fourth-order valence-corrected chi connectivity index (χ4v) is 2.44.